The summed E-state index contributed by atoms with van der Waals surface area (Å²) in [5.41, 5.74) is 14.6. The summed E-state index contributed by atoms with van der Waals surface area (Å²) < 4.78 is 21.4. The normalized spacial score (nSPS) is 10.6. The van der Waals surface area contributed by atoms with Crippen LogP contribution in [-0.2, 0) is 33.7 Å². The van der Waals surface area contributed by atoms with Gasteiger partial charge in [0, 0.05) is 34.1 Å². The average molecular weight is 946 g/mol. The van der Waals surface area contributed by atoms with Gasteiger partial charge in [0.1, 0.15) is 33.8 Å². The first-order valence-corrected chi connectivity index (χ1v) is 20.7. The maximum absolute atomic E-state index is 5.29. The van der Waals surface area contributed by atoms with Crippen molar-refractivity contribution in [1.29, 1.82) is 0 Å². The molecular formula is C45H43Br2N11O3. The quantitative estimate of drug-likeness (QED) is 0.103. The fraction of sp³-hybridized carbons (Fsp3) is 0.111. The van der Waals surface area contributed by atoms with Crippen molar-refractivity contribution >= 4 is 87.2 Å². The molecule has 61 heavy (non-hydrogen) atoms. The molecule has 11 rings (SSSR count). The SMILES string of the molecule is Brc1cccc2[nH]cnc12.Cn1cnc2c(Br)cccc21.Cn1ncc2c(NCc3ccco3)cccc21.NCc1ccco1.c1coc(CNc2cccc3[nH]cnc23)c1. The van der Waals surface area contributed by atoms with Gasteiger partial charge in [-0.05, 0) is 117 Å². The van der Waals surface area contributed by atoms with Gasteiger partial charge in [-0.3, -0.25) is 4.68 Å². The zero-order valence-corrected chi connectivity index (χ0v) is 36.5. The fourth-order valence-electron chi connectivity index (χ4n) is 6.11. The predicted molar refractivity (Wildman–Crippen MR) is 248 cm³/mol. The van der Waals surface area contributed by atoms with E-state index in [1.54, 1.807) is 31.4 Å². The Hall–Kier alpha value is -6.88. The monoisotopic (exact) mass is 943 g/mol. The maximum Gasteiger partial charge on any atom is 0.122 e. The molecule has 0 saturated carbocycles. The van der Waals surface area contributed by atoms with E-state index in [9.17, 15) is 0 Å². The molecule has 7 heterocycles. The molecule has 0 fully saturated rings. The number of hydrogen-bond donors (Lipinski definition) is 5. The number of nitrogens with two attached hydrogens (primary N) is 1. The lowest BCUT2D eigenvalue weighted by Crippen LogP contribution is -1.98. The number of nitrogens with zero attached hydrogens (tertiary/aromatic N) is 6. The highest BCUT2D eigenvalue weighted by atomic mass is 79.9. The second-order valence-corrected chi connectivity index (χ2v) is 15.0. The lowest BCUT2D eigenvalue weighted by Gasteiger charge is -2.05. The van der Waals surface area contributed by atoms with Crippen molar-refractivity contribution in [1.82, 2.24) is 39.3 Å². The lowest BCUT2D eigenvalue weighted by atomic mass is 10.2. The van der Waals surface area contributed by atoms with Crippen molar-refractivity contribution < 1.29 is 13.3 Å². The first-order chi connectivity index (χ1) is 29.9. The molecule has 0 amide bonds. The molecule has 0 radical (unpaired) electrons. The van der Waals surface area contributed by atoms with Gasteiger partial charge in [0.15, 0.2) is 0 Å². The Balaban J connectivity index is 0.000000119. The van der Waals surface area contributed by atoms with Gasteiger partial charge in [0.2, 0.25) is 0 Å². The van der Waals surface area contributed by atoms with Crippen LogP contribution in [0.5, 0.6) is 0 Å². The van der Waals surface area contributed by atoms with Crippen molar-refractivity contribution in [3.8, 4) is 0 Å². The third kappa shape index (κ3) is 11.0. The van der Waals surface area contributed by atoms with Crippen LogP contribution in [-0.4, -0.2) is 39.3 Å². The summed E-state index contributed by atoms with van der Waals surface area (Å²) in [6, 6.07) is 35.5. The van der Waals surface area contributed by atoms with E-state index in [1.807, 2.05) is 139 Å². The number of para-hydroxylation sites is 3. The topological polar surface area (TPSA) is 182 Å². The van der Waals surface area contributed by atoms with Crippen molar-refractivity contribution in [2.75, 3.05) is 10.6 Å². The molecular weight excluding hydrogens is 902 g/mol. The van der Waals surface area contributed by atoms with E-state index in [4.69, 9.17) is 19.0 Å². The minimum absolute atomic E-state index is 0.493. The Kier molecular flexibility index (Phi) is 14.5. The molecule has 0 aliphatic heterocycles. The summed E-state index contributed by atoms with van der Waals surface area (Å²) in [4.78, 5) is 18.7. The van der Waals surface area contributed by atoms with Gasteiger partial charge < -0.3 is 44.2 Å². The summed E-state index contributed by atoms with van der Waals surface area (Å²) in [5.74, 6) is 2.67. The number of furan rings is 3. The van der Waals surface area contributed by atoms with Crippen molar-refractivity contribution in [3.63, 3.8) is 0 Å². The number of hydrogen-bond acceptors (Lipinski definition) is 10. The Labute approximate surface area is 367 Å². The van der Waals surface area contributed by atoms with Gasteiger partial charge in [0.05, 0.1) is 91.4 Å². The second-order valence-electron chi connectivity index (χ2n) is 13.3. The van der Waals surface area contributed by atoms with Crippen LogP contribution in [0.4, 0.5) is 11.4 Å². The van der Waals surface area contributed by atoms with Gasteiger partial charge in [-0.15, -0.1) is 0 Å². The lowest BCUT2D eigenvalue weighted by molar-refractivity contribution is 0.512. The second kappa shape index (κ2) is 20.9. The summed E-state index contributed by atoms with van der Waals surface area (Å²) in [6.07, 6.45) is 12.0. The van der Waals surface area contributed by atoms with E-state index in [2.05, 4.69) is 78.6 Å². The van der Waals surface area contributed by atoms with Gasteiger partial charge >= 0.3 is 0 Å². The molecule has 4 aromatic carbocycles. The smallest absolute Gasteiger partial charge is 0.122 e. The summed E-state index contributed by atoms with van der Waals surface area (Å²) in [6.45, 7) is 1.84. The predicted octanol–water partition coefficient (Wildman–Crippen LogP) is 10.9. The number of benzene rings is 4. The first-order valence-electron chi connectivity index (χ1n) is 19.1. The highest BCUT2D eigenvalue weighted by Gasteiger charge is 2.06. The first kappa shape index (κ1) is 42.3. The highest BCUT2D eigenvalue weighted by Crippen LogP contribution is 2.24. The van der Waals surface area contributed by atoms with Crippen LogP contribution in [0, 0.1) is 0 Å². The number of aromatic nitrogens is 8. The van der Waals surface area contributed by atoms with Crippen LogP contribution in [0.2, 0.25) is 0 Å². The number of fused-ring (bicyclic) bond motifs is 4. The molecule has 11 aromatic rings. The molecule has 7 aromatic heterocycles. The van der Waals surface area contributed by atoms with E-state index in [0.29, 0.717) is 19.6 Å². The molecule has 0 aliphatic carbocycles. The minimum Gasteiger partial charge on any atom is -0.468 e. The van der Waals surface area contributed by atoms with Crippen molar-refractivity contribution in [2.45, 2.75) is 19.6 Å². The van der Waals surface area contributed by atoms with Gasteiger partial charge in [-0.2, -0.15) is 5.10 Å². The third-order valence-electron chi connectivity index (χ3n) is 9.20. The van der Waals surface area contributed by atoms with Gasteiger partial charge in [-0.1, -0.05) is 24.3 Å². The largest absolute Gasteiger partial charge is 0.468 e. The minimum atomic E-state index is 0.493. The molecule has 6 N–H and O–H groups in total. The van der Waals surface area contributed by atoms with E-state index < -0.39 is 0 Å². The fourth-order valence-corrected chi connectivity index (χ4v) is 7.04. The molecule has 310 valence electrons. The third-order valence-corrected chi connectivity index (χ3v) is 10.5. The van der Waals surface area contributed by atoms with Crippen LogP contribution in [0.1, 0.15) is 17.3 Å². The van der Waals surface area contributed by atoms with E-state index in [1.165, 1.54) is 0 Å². The van der Waals surface area contributed by atoms with Crippen molar-refractivity contribution in [3.05, 3.63) is 179 Å². The molecule has 0 atom stereocenters. The van der Waals surface area contributed by atoms with E-state index in [-0.39, 0.29) is 0 Å². The zero-order valence-electron chi connectivity index (χ0n) is 33.3. The number of anilines is 2. The average Bonchev–Trinajstić information content (AvgIpc) is 4.14. The Bertz CT molecular complexity index is 2990. The number of aryl methyl sites for hydroxylation is 2. The molecule has 0 saturated heterocycles. The number of halogens is 2. The van der Waals surface area contributed by atoms with Crippen LogP contribution >= 0.6 is 31.9 Å². The number of nitrogens with one attached hydrogen (secondary N) is 4. The Morgan fingerprint density at radius 1 is 0.590 bits per heavy atom. The van der Waals surface area contributed by atoms with Crippen LogP contribution in [0.3, 0.4) is 0 Å². The van der Waals surface area contributed by atoms with Crippen LogP contribution in [0.15, 0.2) is 175 Å². The number of imidazole rings is 3. The Morgan fingerprint density at radius 2 is 1.13 bits per heavy atom. The summed E-state index contributed by atoms with van der Waals surface area (Å²) in [7, 11) is 3.93. The number of aromatic amines is 2. The van der Waals surface area contributed by atoms with Crippen molar-refractivity contribution in [2.24, 2.45) is 19.8 Å². The standard InChI is InChI=1S/C13H13N3O.C12H11N3O.C8H7BrN2.C7H5BrN2.C5H7NO/c1-16-13-6-2-5-12(11(13)9-15-16)14-8-10-4-3-7-17-10;1-4-10(12-11(5-1)14-8-15-12)13-7-9-3-2-6-16-9;1-11-5-10-8-6(9)3-2-4-7(8)11;8-5-2-1-3-6-7(5)10-4-9-6;6-4-5-2-1-3-7-5/h2-7,9,14H,8H2,1H3;1-6,8,13H,7H2,(H,14,15);2-5H,1H3;1-4H,(H,9,10);1-3H,4,6H2. The molecule has 14 nitrogen and oxygen atoms in total. The van der Waals surface area contributed by atoms with E-state index >= 15 is 0 Å². The zero-order chi connectivity index (χ0) is 42.4. The van der Waals surface area contributed by atoms with Gasteiger partial charge in [0.25, 0.3) is 0 Å². The number of H-pyrrole nitrogens is 2. The molecule has 0 unspecified atom stereocenters. The van der Waals surface area contributed by atoms with E-state index in [0.717, 1.165) is 81.6 Å². The summed E-state index contributed by atoms with van der Waals surface area (Å²) >= 11 is 6.83. The maximum atomic E-state index is 5.29. The molecule has 0 spiro atoms. The van der Waals surface area contributed by atoms with Crippen LogP contribution in [0.25, 0.3) is 44.0 Å². The number of rotatable bonds is 7. The molecule has 0 aliphatic rings. The molecule has 16 heteroatoms. The molecule has 0 bridgehead atoms. The summed E-state index contributed by atoms with van der Waals surface area (Å²) in [5, 5.41) is 12.0. The van der Waals surface area contributed by atoms with Gasteiger partial charge in [-0.25, -0.2) is 15.0 Å². The van der Waals surface area contributed by atoms with Crippen LogP contribution < -0.4 is 16.4 Å². The Morgan fingerprint density at radius 3 is 1.74 bits per heavy atom. The highest BCUT2D eigenvalue weighted by molar-refractivity contribution is 9.11.